The van der Waals surface area contributed by atoms with Crippen LogP contribution in [0, 0.1) is 0 Å². The lowest BCUT2D eigenvalue weighted by Crippen LogP contribution is -1.90. The van der Waals surface area contributed by atoms with Crippen LogP contribution in [0.2, 0.25) is 0 Å². The third-order valence-electron chi connectivity index (χ3n) is 4.58. The molecule has 156 valence electrons. The molecule has 3 nitrogen and oxygen atoms in total. The van der Waals surface area contributed by atoms with Crippen molar-refractivity contribution in [2.45, 2.75) is 0 Å². The summed E-state index contributed by atoms with van der Waals surface area (Å²) in [5, 5.41) is 19.1. The molecule has 4 aromatic carbocycles. The van der Waals surface area contributed by atoms with Gasteiger partial charge in [0, 0.05) is 29.0 Å². The van der Waals surface area contributed by atoms with Crippen LogP contribution in [0.3, 0.4) is 0 Å². The molecule has 0 bridgehead atoms. The van der Waals surface area contributed by atoms with Crippen molar-refractivity contribution in [1.29, 1.82) is 0 Å². The Hall–Kier alpha value is -1.80. The number of ether oxygens (including phenoxy) is 1. The Kier molecular flexibility index (Phi) is 6.77. The summed E-state index contributed by atoms with van der Waals surface area (Å²) in [6.07, 6.45) is 0. The van der Waals surface area contributed by atoms with Crippen LogP contribution in [0.25, 0.3) is 22.3 Å². The quantitative estimate of drug-likeness (QED) is 0.228. The van der Waals surface area contributed by atoms with E-state index in [1.54, 1.807) is 24.3 Å². The van der Waals surface area contributed by atoms with Crippen LogP contribution >= 0.6 is 63.7 Å². The van der Waals surface area contributed by atoms with E-state index < -0.39 is 0 Å². The van der Waals surface area contributed by atoms with Crippen molar-refractivity contribution >= 4 is 63.7 Å². The zero-order valence-corrected chi connectivity index (χ0v) is 22.1. The third kappa shape index (κ3) is 5.00. The van der Waals surface area contributed by atoms with Crippen LogP contribution < -0.4 is 4.74 Å². The first-order chi connectivity index (χ1) is 14.8. The Balaban J connectivity index is 1.65. The molecule has 0 aliphatic heterocycles. The van der Waals surface area contributed by atoms with Crippen molar-refractivity contribution in [2.75, 3.05) is 0 Å². The van der Waals surface area contributed by atoms with Gasteiger partial charge in [-0.2, -0.15) is 0 Å². The van der Waals surface area contributed by atoms with Gasteiger partial charge in [-0.3, -0.25) is 0 Å². The normalized spacial score (nSPS) is 10.8. The molecule has 0 atom stereocenters. The summed E-state index contributed by atoms with van der Waals surface area (Å²) < 4.78 is 9.57. The van der Waals surface area contributed by atoms with Crippen LogP contribution in [0.15, 0.2) is 90.7 Å². The second kappa shape index (κ2) is 9.36. The van der Waals surface area contributed by atoms with Gasteiger partial charge in [-0.1, -0.05) is 24.3 Å². The van der Waals surface area contributed by atoms with Crippen molar-refractivity contribution in [3.05, 3.63) is 90.7 Å². The predicted molar refractivity (Wildman–Crippen MR) is 138 cm³/mol. The van der Waals surface area contributed by atoms with E-state index in [9.17, 15) is 10.2 Å². The summed E-state index contributed by atoms with van der Waals surface area (Å²) in [6.45, 7) is 0. The van der Waals surface area contributed by atoms with Crippen molar-refractivity contribution in [3.63, 3.8) is 0 Å². The number of rotatable bonds is 4. The fourth-order valence-corrected chi connectivity index (χ4v) is 6.37. The summed E-state index contributed by atoms with van der Waals surface area (Å²) in [5.74, 6) is 1.78. The van der Waals surface area contributed by atoms with Gasteiger partial charge in [-0.15, -0.1) is 0 Å². The molecule has 4 rings (SSSR count). The number of phenolic OH excluding ortho intramolecular Hbond substituents is 2. The average Bonchev–Trinajstić information content (AvgIpc) is 2.70. The molecule has 0 heterocycles. The smallest absolute Gasteiger partial charge is 0.129 e. The standard InChI is InChI=1S/C24H14Br4O3/c25-19-9-17(10-20(26)23(19)13-1-5-15(29)6-2-13)31-18-11-21(27)24(22(28)12-18)14-3-7-16(30)8-4-14/h1-12,29-30H. The number of hydrogen-bond acceptors (Lipinski definition) is 3. The highest BCUT2D eigenvalue weighted by molar-refractivity contribution is 9.11. The molecule has 0 saturated carbocycles. The van der Waals surface area contributed by atoms with Crippen molar-refractivity contribution in [3.8, 4) is 45.3 Å². The third-order valence-corrected chi connectivity index (χ3v) is 7.08. The van der Waals surface area contributed by atoms with Gasteiger partial charge in [0.2, 0.25) is 0 Å². The lowest BCUT2D eigenvalue weighted by Gasteiger charge is -2.14. The molecule has 0 aliphatic carbocycles. The zero-order valence-electron chi connectivity index (χ0n) is 15.7. The molecule has 0 aromatic heterocycles. The Morgan fingerprint density at radius 2 is 0.774 bits per heavy atom. The van der Waals surface area contributed by atoms with Crippen LogP contribution in [-0.2, 0) is 0 Å². The van der Waals surface area contributed by atoms with Crippen LogP contribution in [0.4, 0.5) is 0 Å². The predicted octanol–water partition coefficient (Wildman–Crippen LogP) is 9.27. The van der Waals surface area contributed by atoms with E-state index in [0.717, 1.165) is 40.1 Å². The minimum Gasteiger partial charge on any atom is -0.508 e. The molecule has 0 saturated heterocycles. The summed E-state index contributed by atoms with van der Waals surface area (Å²) in [7, 11) is 0. The first-order valence-electron chi connectivity index (χ1n) is 9.06. The topological polar surface area (TPSA) is 49.7 Å². The molecule has 0 aliphatic rings. The maximum atomic E-state index is 9.54. The summed E-state index contributed by atoms with van der Waals surface area (Å²) >= 11 is 14.5. The molecular weight excluding hydrogens is 656 g/mol. The fraction of sp³-hybridized carbons (Fsp3) is 0. The molecule has 2 N–H and O–H groups in total. The van der Waals surface area contributed by atoms with Gasteiger partial charge in [-0.05, 0) is 123 Å². The molecule has 7 heteroatoms. The Morgan fingerprint density at radius 3 is 1.06 bits per heavy atom. The van der Waals surface area contributed by atoms with E-state index in [2.05, 4.69) is 63.7 Å². The summed E-state index contributed by atoms with van der Waals surface area (Å²) in [6, 6.07) is 21.7. The SMILES string of the molecule is Oc1ccc(-c2c(Br)cc(Oc3cc(Br)c(-c4ccc(O)cc4)c(Br)c3)cc2Br)cc1. The highest BCUT2D eigenvalue weighted by atomic mass is 79.9. The number of phenols is 2. The van der Waals surface area contributed by atoms with E-state index in [-0.39, 0.29) is 11.5 Å². The van der Waals surface area contributed by atoms with Gasteiger partial charge in [-0.25, -0.2) is 0 Å². The first kappa shape index (κ1) is 22.4. The van der Waals surface area contributed by atoms with Crippen LogP contribution in [0.5, 0.6) is 23.0 Å². The van der Waals surface area contributed by atoms with E-state index in [1.807, 2.05) is 48.5 Å². The van der Waals surface area contributed by atoms with Crippen molar-refractivity contribution in [2.24, 2.45) is 0 Å². The van der Waals surface area contributed by atoms with Gasteiger partial charge in [0.1, 0.15) is 23.0 Å². The largest absolute Gasteiger partial charge is 0.508 e. The monoisotopic (exact) mass is 666 g/mol. The molecule has 4 aromatic rings. The molecule has 0 fully saturated rings. The minimum absolute atomic E-state index is 0.225. The molecule has 0 radical (unpaired) electrons. The Labute approximate surface area is 213 Å². The number of benzene rings is 4. The number of aromatic hydroxyl groups is 2. The van der Waals surface area contributed by atoms with Crippen LogP contribution in [-0.4, -0.2) is 10.2 Å². The summed E-state index contributed by atoms with van der Waals surface area (Å²) in [5.41, 5.74) is 3.87. The summed E-state index contributed by atoms with van der Waals surface area (Å²) in [4.78, 5) is 0. The molecule has 0 spiro atoms. The molecular formula is C24H14Br4O3. The average molecular weight is 670 g/mol. The highest BCUT2D eigenvalue weighted by Gasteiger charge is 2.14. The van der Waals surface area contributed by atoms with Gasteiger partial charge >= 0.3 is 0 Å². The number of hydrogen-bond donors (Lipinski definition) is 2. The van der Waals surface area contributed by atoms with Gasteiger partial charge < -0.3 is 14.9 Å². The van der Waals surface area contributed by atoms with Gasteiger partial charge in [0.25, 0.3) is 0 Å². The van der Waals surface area contributed by atoms with Crippen LogP contribution in [0.1, 0.15) is 0 Å². The highest BCUT2D eigenvalue weighted by Crippen LogP contribution is 2.42. The second-order valence-corrected chi connectivity index (χ2v) is 10.1. The maximum Gasteiger partial charge on any atom is 0.129 e. The molecule has 31 heavy (non-hydrogen) atoms. The van der Waals surface area contributed by atoms with E-state index in [4.69, 9.17) is 4.74 Å². The molecule has 0 amide bonds. The lowest BCUT2D eigenvalue weighted by atomic mass is 10.1. The second-order valence-electron chi connectivity index (χ2n) is 6.72. The van der Waals surface area contributed by atoms with E-state index in [0.29, 0.717) is 11.5 Å². The Morgan fingerprint density at radius 1 is 0.484 bits per heavy atom. The maximum absolute atomic E-state index is 9.54. The molecule has 0 unspecified atom stereocenters. The van der Waals surface area contributed by atoms with Crippen molar-refractivity contribution < 1.29 is 14.9 Å². The number of halogens is 4. The zero-order chi connectivity index (χ0) is 22.1. The Bertz CT molecular complexity index is 1110. The fourth-order valence-electron chi connectivity index (χ4n) is 3.16. The van der Waals surface area contributed by atoms with E-state index >= 15 is 0 Å². The minimum atomic E-state index is 0.225. The van der Waals surface area contributed by atoms with Gasteiger partial charge in [0.05, 0.1) is 0 Å². The lowest BCUT2D eigenvalue weighted by molar-refractivity contribution is 0.475. The van der Waals surface area contributed by atoms with Gasteiger partial charge in [0.15, 0.2) is 0 Å². The van der Waals surface area contributed by atoms with Crippen molar-refractivity contribution in [1.82, 2.24) is 0 Å². The van der Waals surface area contributed by atoms with E-state index in [1.165, 1.54) is 0 Å². The first-order valence-corrected chi connectivity index (χ1v) is 12.2.